The van der Waals surface area contributed by atoms with Crippen LogP contribution in [0.25, 0.3) is 0 Å². The van der Waals surface area contributed by atoms with Crippen molar-refractivity contribution in [3.8, 4) is 0 Å². The Morgan fingerprint density at radius 3 is 1.74 bits per heavy atom. The molecule has 1 N–H and O–H groups in total. The molecule has 1 aromatic rings. The van der Waals surface area contributed by atoms with Gasteiger partial charge >= 0.3 is 0 Å². The van der Waals surface area contributed by atoms with E-state index in [4.69, 9.17) is 0 Å². The molecular formula is C15H26N2O4S2. The van der Waals surface area contributed by atoms with E-state index in [-0.39, 0.29) is 21.8 Å². The minimum Gasteiger partial charge on any atom is -0.208 e. The number of benzene rings is 1. The maximum Gasteiger partial charge on any atom is 0.243 e. The van der Waals surface area contributed by atoms with Gasteiger partial charge in [0.25, 0.3) is 0 Å². The zero-order valence-corrected chi connectivity index (χ0v) is 15.9. The van der Waals surface area contributed by atoms with Gasteiger partial charge in [-0.3, -0.25) is 0 Å². The van der Waals surface area contributed by atoms with Crippen LogP contribution in [0, 0.1) is 5.92 Å². The normalized spacial score (nSPS) is 14.4. The van der Waals surface area contributed by atoms with E-state index in [9.17, 15) is 16.8 Å². The highest BCUT2D eigenvalue weighted by molar-refractivity contribution is 7.89. The van der Waals surface area contributed by atoms with Crippen LogP contribution in [0.15, 0.2) is 34.1 Å². The lowest BCUT2D eigenvalue weighted by Gasteiger charge is -2.19. The summed E-state index contributed by atoms with van der Waals surface area (Å²) in [5.41, 5.74) is 0. The van der Waals surface area contributed by atoms with Crippen LogP contribution in [0.3, 0.4) is 0 Å². The Labute approximate surface area is 140 Å². The predicted octanol–water partition coefficient (Wildman–Crippen LogP) is 2.04. The van der Waals surface area contributed by atoms with Gasteiger partial charge in [-0.1, -0.05) is 27.7 Å². The second-order valence-electron chi connectivity index (χ2n) is 5.71. The monoisotopic (exact) mass is 362 g/mol. The van der Waals surface area contributed by atoms with Crippen molar-refractivity contribution in [3.63, 3.8) is 0 Å². The standard InChI is InChI=1S/C15H26N2O4S2/c1-6-17(7-2)23(20,21)15-10-8-14(9-11-15)22(18,19)16-13(5)12(3)4/h8-13,16H,6-7H2,1-5H3/t13-/m1/s1. The Morgan fingerprint density at radius 1 is 0.913 bits per heavy atom. The molecule has 0 bridgehead atoms. The fourth-order valence-electron chi connectivity index (χ4n) is 1.95. The summed E-state index contributed by atoms with van der Waals surface area (Å²) < 4.78 is 53.2. The smallest absolute Gasteiger partial charge is 0.208 e. The van der Waals surface area contributed by atoms with Gasteiger partial charge in [-0.15, -0.1) is 0 Å². The molecule has 0 aliphatic heterocycles. The first-order valence-corrected chi connectivity index (χ1v) is 10.6. The van der Waals surface area contributed by atoms with Crippen molar-refractivity contribution in [1.29, 1.82) is 0 Å². The third-order valence-corrected chi connectivity index (χ3v) is 7.46. The van der Waals surface area contributed by atoms with Gasteiger partial charge in [-0.25, -0.2) is 21.6 Å². The molecule has 23 heavy (non-hydrogen) atoms. The topological polar surface area (TPSA) is 83.6 Å². The fourth-order valence-corrected chi connectivity index (χ4v) is 4.80. The van der Waals surface area contributed by atoms with Gasteiger partial charge < -0.3 is 0 Å². The number of sulfonamides is 2. The Hall–Kier alpha value is -0.960. The first kappa shape index (κ1) is 20.1. The molecule has 6 nitrogen and oxygen atoms in total. The Bertz CT molecular complexity index is 706. The largest absolute Gasteiger partial charge is 0.243 e. The van der Waals surface area contributed by atoms with Crippen LogP contribution < -0.4 is 4.72 Å². The van der Waals surface area contributed by atoms with Crippen LogP contribution in [0.4, 0.5) is 0 Å². The second-order valence-corrected chi connectivity index (χ2v) is 9.37. The molecule has 1 atom stereocenters. The molecule has 0 amide bonds. The van der Waals surface area contributed by atoms with Crippen LogP contribution in [-0.4, -0.2) is 40.3 Å². The van der Waals surface area contributed by atoms with Gasteiger partial charge in [-0.2, -0.15) is 4.31 Å². The molecule has 0 radical (unpaired) electrons. The second kappa shape index (κ2) is 7.74. The van der Waals surface area contributed by atoms with Gasteiger partial charge in [0.1, 0.15) is 0 Å². The highest BCUT2D eigenvalue weighted by atomic mass is 32.2. The Morgan fingerprint density at radius 2 is 1.35 bits per heavy atom. The predicted molar refractivity (Wildman–Crippen MR) is 91.2 cm³/mol. The summed E-state index contributed by atoms with van der Waals surface area (Å²) in [6.45, 7) is 9.90. The number of rotatable bonds is 8. The van der Waals surface area contributed by atoms with Gasteiger partial charge in [0.2, 0.25) is 20.0 Å². The first-order valence-electron chi connectivity index (χ1n) is 7.68. The minimum atomic E-state index is -3.66. The Balaban J connectivity index is 3.10. The summed E-state index contributed by atoms with van der Waals surface area (Å²) in [5, 5.41) is 0. The third kappa shape index (κ3) is 4.76. The lowest BCUT2D eigenvalue weighted by atomic mass is 10.1. The van der Waals surface area contributed by atoms with E-state index in [1.807, 2.05) is 13.8 Å². The molecule has 0 aliphatic carbocycles. The summed E-state index contributed by atoms with van der Waals surface area (Å²) >= 11 is 0. The van der Waals surface area contributed by atoms with Crippen molar-refractivity contribution in [2.45, 2.75) is 50.5 Å². The molecule has 1 aromatic carbocycles. The molecule has 1 rings (SSSR count). The van der Waals surface area contributed by atoms with Crippen molar-refractivity contribution >= 4 is 20.0 Å². The molecule has 0 saturated heterocycles. The van der Waals surface area contributed by atoms with E-state index in [1.165, 1.54) is 28.6 Å². The highest BCUT2D eigenvalue weighted by Crippen LogP contribution is 2.19. The average Bonchev–Trinajstić information content (AvgIpc) is 2.47. The van der Waals surface area contributed by atoms with Crippen LogP contribution >= 0.6 is 0 Å². The quantitative estimate of drug-likeness (QED) is 0.767. The van der Waals surface area contributed by atoms with E-state index in [1.54, 1.807) is 20.8 Å². The van der Waals surface area contributed by atoms with Crippen molar-refractivity contribution in [2.24, 2.45) is 5.92 Å². The van der Waals surface area contributed by atoms with Crippen molar-refractivity contribution in [2.75, 3.05) is 13.1 Å². The summed E-state index contributed by atoms with van der Waals surface area (Å²) in [7, 11) is -7.24. The van der Waals surface area contributed by atoms with Gasteiger partial charge in [0, 0.05) is 19.1 Å². The maximum absolute atomic E-state index is 12.4. The van der Waals surface area contributed by atoms with E-state index in [0.29, 0.717) is 13.1 Å². The van der Waals surface area contributed by atoms with Crippen LogP contribution in [0.5, 0.6) is 0 Å². The zero-order chi connectivity index (χ0) is 17.8. The molecule has 0 fully saturated rings. The Kier molecular flexibility index (Phi) is 6.76. The number of nitrogens with zero attached hydrogens (tertiary/aromatic N) is 1. The van der Waals surface area contributed by atoms with Gasteiger partial charge in [0.05, 0.1) is 9.79 Å². The fraction of sp³-hybridized carbons (Fsp3) is 0.600. The van der Waals surface area contributed by atoms with Crippen LogP contribution in [-0.2, 0) is 20.0 Å². The maximum atomic E-state index is 12.4. The number of hydrogen-bond acceptors (Lipinski definition) is 4. The van der Waals surface area contributed by atoms with Gasteiger partial charge in [-0.05, 0) is 37.1 Å². The molecule has 0 heterocycles. The van der Waals surface area contributed by atoms with Crippen LogP contribution in [0.1, 0.15) is 34.6 Å². The SMILES string of the molecule is CCN(CC)S(=O)(=O)c1ccc(S(=O)(=O)N[C@H](C)C(C)C)cc1. The molecule has 0 aliphatic rings. The van der Waals surface area contributed by atoms with E-state index < -0.39 is 20.0 Å². The molecule has 0 saturated carbocycles. The summed E-state index contributed by atoms with van der Waals surface area (Å²) in [6.07, 6.45) is 0. The summed E-state index contributed by atoms with van der Waals surface area (Å²) in [4.78, 5) is 0.153. The first-order chi connectivity index (χ1) is 10.6. The number of hydrogen-bond donors (Lipinski definition) is 1. The van der Waals surface area contributed by atoms with E-state index in [0.717, 1.165) is 0 Å². The van der Waals surface area contributed by atoms with Crippen molar-refractivity contribution < 1.29 is 16.8 Å². The lowest BCUT2D eigenvalue weighted by Crippen LogP contribution is -2.36. The van der Waals surface area contributed by atoms with Crippen molar-refractivity contribution in [3.05, 3.63) is 24.3 Å². The summed E-state index contributed by atoms with van der Waals surface area (Å²) in [5.74, 6) is 0.159. The molecule has 132 valence electrons. The van der Waals surface area contributed by atoms with E-state index in [2.05, 4.69) is 4.72 Å². The van der Waals surface area contributed by atoms with Crippen molar-refractivity contribution in [1.82, 2.24) is 9.03 Å². The third-order valence-electron chi connectivity index (χ3n) is 3.82. The molecule has 0 spiro atoms. The average molecular weight is 363 g/mol. The minimum absolute atomic E-state index is 0.0588. The highest BCUT2D eigenvalue weighted by Gasteiger charge is 2.23. The molecule has 0 unspecified atom stereocenters. The van der Waals surface area contributed by atoms with Crippen LogP contribution in [0.2, 0.25) is 0 Å². The zero-order valence-electron chi connectivity index (χ0n) is 14.3. The van der Waals surface area contributed by atoms with Gasteiger partial charge in [0.15, 0.2) is 0 Å². The molecule has 8 heteroatoms. The number of nitrogens with one attached hydrogen (secondary N) is 1. The molecular weight excluding hydrogens is 336 g/mol. The lowest BCUT2D eigenvalue weighted by molar-refractivity contribution is 0.445. The van der Waals surface area contributed by atoms with E-state index >= 15 is 0 Å². The molecule has 0 aromatic heterocycles. The summed E-state index contributed by atoms with van der Waals surface area (Å²) in [6, 6.07) is 5.11.